The summed E-state index contributed by atoms with van der Waals surface area (Å²) in [6, 6.07) is 0. The van der Waals surface area contributed by atoms with Gasteiger partial charge in [-0.25, -0.2) is 19.0 Å². The van der Waals surface area contributed by atoms with Crippen LogP contribution in [0.4, 0.5) is 0 Å². The molecule has 9 heteroatoms. The second-order valence-corrected chi connectivity index (χ2v) is 3.61. The van der Waals surface area contributed by atoms with Crippen LogP contribution in [0, 0.1) is 0 Å². The summed E-state index contributed by atoms with van der Waals surface area (Å²) in [5.74, 6) is -1.05. The van der Waals surface area contributed by atoms with Gasteiger partial charge in [0.1, 0.15) is 4.90 Å². The lowest BCUT2D eigenvalue weighted by atomic mass is 10.4. The van der Waals surface area contributed by atoms with E-state index in [1.54, 1.807) is 0 Å². The molecule has 0 radical (unpaired) electrons. The fourth-order valence-electron chi connectivity index (χ4n) is 0.711. The molecule has 0 spiro atoms. The molecule has 1 amide bonds. The minimum absolute atomic E-state index is 0.473. The van der Waals surface area contributed by atoms with Gasteiger partial charge in [0.2, 0.25) is 10.0 Å². The van der Waals surface area contributed by atoms with Crippen molar-refractivity contribution in [2.75, 3.05) is 0 Å². The third kappa shape index (κ3) is 1.83. The smallest absolute Gasteiger partial charge is 0.288 e. The third-order valence-electron chi connectivity index (χ3n) is 1.23. The number of sulfonamides is 1. The third-order valence-corrected chi connectivity index (χ3v) is 2.15. The van der Waals surface area contributed by atoms with E-state index in [1.165, 1.54) is 5.48 Å². The first-order chi connectivity index (χ1) is 5.96. The Hall–Kier alpha value is -1.45. The molecular formula is C4H6N4O4S. The molecular weight excluding hydrogens is 200 g/mol. The average molecular weight is 206 g/mol. The molecule has 1 aromatic heterocycles. The lowest BCUT2D eigenvalue weighted by Gasteiger charge is -1.96. The number of carbonyl (C=O) groups is 1. The van der Waals surface area contributed by atoms with E-state index in [0.717, 1.165) is 6.20 Å². The first-order valence-corrected chi connectivity index (χ1v) is 4.52. The summed E-state index contributed by atoms with van der Waals surface area (Å²) >= 11 is 0. The number of aromatic nitrogens is 2. The van der Waals surface area contributed by atoms with E-state index < -0.39 is 26.5 Å². The first-order valence-electron chi connectivity index (χ1n) is 2.98. The van der Waals surface area contributed by atoms with Crippen molar-refractivity contribution in [3.8, 4) is 0 Å². The Labute approximate surface area is 72.8 Å². The molecule has 0 bridgehead atoms. The minimum atomic E-state index is -4.01. The monoisotopic (exact) mass is 206 g/mol. The highest BCUT2D eigenvalue weighted by atomic mass is 32.2. The molecule has 0 aliphatic rings. The van der Waals surface area contributed by atoms with Crippen LogP contribution in [0.1, 0.15) is 10.5 Å². The maximum atomic E-state index is 10.8. The zero-order valence-electron chi connectivity index (χ0n) is 6.18. The molecule has 5 N–H and O–H groups in total. The standard InChI is InChI=1S/C4H6N4O4S/c5-13(11,12)2-1-6-7-3(2)4(9)8-10/h1,10H,(H,6,7)(H,8,9)(H2,5,11,12). The number of rotatable bonds is 2. The molecule has 1 rings (SSSR count). The van der Waals surface area contributed by atoms with Gasteiger partial charge in [0.25, 0.3) is 5.91 Å². The molecule has 1 heterocycles. The predicted octanol–water partition coefficient (Wildman–Crippen LogP) is -1.82. The van der Waals surface area contributed by atoms with Crippen LogP contribution < -0.4 is 10.6 Å². The Bertz CT molecular complexity index is 421. The molecule has 0 fully saturated rings. The number of nitrogens with zero attached hydrogens (tertiary/aromatic N) is 1. The summed E-state index contributed by atoms with van der Waals surface area (Å²) in [4.78, 5) is 10.3. The van der Waals surface area contributed by atoms with Gasteiger partial charge in [0.15, 0.2) is 5.69 Å². The number of primary sulfonamides is 1. The van der Waals surface area contributed by atoms with Gasteiger partial charge in [-0.3, -0.25) is 15.1 Å². The highest BCUT2D eigenvalue weighted by molar-refractivity contribution is 7.89. The van der Waals surface area contributed by atoms with Crippen molar-refractivity contribution >= 4 is 15.9 Å². The number of nitrogens with one attached hydrogen (secondary N) is 2. The van der Waals surface area contributed by atoms with E-state index in [9.17, 15) is 13.2 Å². The van der Waals surface area contributed by atoms with Crippen LogP contribution in [0.15, 0.2) is 11.1 Å². The molecule has 13 heavy (non-hydrogen) atoms. The van der Waals surface area contributed by atoms with Crippen LogP contribution in [0.3, 0.4) is 0 Å². The summed E-state index contributed by atoms with van der Waals surface area (Å²) in [6.07, 6.45) is 0.944. The zero-order chi connectivity index (χ0) is 10.1. The molecule has 8 nitrogen and oxygen atoms in total. The normalized spacial score (nSPS) is 11.2. The number of hydrogen-bond acceptors (Lipinski definition) is 5. The van der Waals surface area contributed by atoms with Gasteiger partial charge in [-0.15, -0.1) is 0 Å². The summed E-state index contributed by atoms with van der Waals surface area (Å²) < 4.78 is 21.6. The van der Waals surface area contributed by atoms with Crippen LogP contribution >= 0.6 is 0 Å². The van der Waals surface area contributed by atoms with E-state index in [1.807, 2.05) is 0 Å². The fraction of sp³-hybridized carbons (Fsp3) is 0. The van der Waals surface area contributed by atoms with Crippen molar-refractivity contribution in [3.05, 3.63) is 11.9 Å². The highest BCUT2D eigenvalue weighted by Gasteiger charge is 2.21. The Morgan fingerprint density at radius 2 is 2.31 bits per heavy atom. The molecule has 0 aliphatic heterocycles. The quantitative estimate of drug-likeness (QED) is 0.333. The Morgan fingerprint density at radius 1 is 1.69 bits per heavy atom. The van der Waals surface area contributed by atoms with E-state index in [-0.39, 0.29) is 0 Å². The topological polar surface area (TPSA) is 138 Å². The van der Waals surface area contributed by atoms with Gasteiger partial charge in [-0.1, -0.05) is 0 Å². The molecule has 0 aliphatic carbocycles. The van der Waals surface area contributed by atoms with Gasteiger partial charge in [0.05, 0.1) is 0 Å². The van der Waals surface area contributed by atoms with E-state index in [0.29, 0.717) is 0 Å². The van der Waals surface area contributed by atoms with Gasteiger partial charge < -0.3 is 0 Å². The SMILES string of the molecule is NS(=O)(=O)c1c[nH]nc1C(=O)NO. The zero-order valence-corrected chi connectivity index (χ0v) is 7.00. The van der Waals surface area contributed by atoms with Crippen LogP contribution in [-0.4, -0.2) is 29.7 Å². The Balaban J connectivity index is 3.26. The van der Waals surface area contributed by atoms with Gasteiger partial charge >= 0.3 is 0 Å². The van der Waals surface area contributed by atoms with E-state index in [2.05, 4.69) is 10.2 Å². The molecule has 0 saturated heterocycles. The second kappa shape index (κ2) is 3.12. The van der Waals surface area contributed by atoms with Crippen molar-refractivity contribution in [1.29, 1.82) is 0 Å². The van der Waals surface area contributed by atoms with Crippen LogP contribution in [0.25, 0.3) is 0 Å². The number of hydroxylamine groups is 1. The minimum Gasteiger partial charge on any atom is -0.288 e. The van der Waals surface area contributed by atoms with Crippen LogP contribution in [-0.2, 0) is 10.0 Å². The van der Waals surface area contributed by atoms with E-state index in [4.69, 9.17) is 10.3 Å². The fourth-order valence-corrected chi connectivity index (χ4v) is 1.34. The maximum Gasteiger partial charge on any atom is 0.296 e. The maximum absolute atomic E-state index is 10.8. The van der Waals surface area contributed by atoms with Crippen molar-refractivity contribution in [2.45, 2.75) is 4.90 Å². The summed E-state index contributed by atoms with van der Waals surface area (Å²) in [5, 5.41) is 18.4. The lowest BCUT2D eigenvalue weighted by Crippen LogP contribution is -2.23. The number of carbonyl (C=O) groups excluding carboxylic acids is 1. The van der Waals surface area contributed by atoms with Gasteiger partial charge in [-0.05, 0) is 0 Å². The Morgan fingerprint density at radius 3 is 2.77 bits per heavy atom. The largest absolute Gasteiger partial charge is 0.296 e. The lowest BCUT2D eigenvalue weighted by molar-refractivity contribution is 0.0697. The molecule has 1 aromatic rings. The molecule has 0 atom stereocenters. The second-order valence-electron chi connectivity index (χ2n) is 2.08. The number of amides is 1. The summed E-state index contributed by atoms with van der Waals surface area (Å²) in [5.41, 5.74) is 0.757. The Kier molecular flexibility index (Phi) is 2.32. The summed E-state index contributed by atoms with van der Waals surface area (Å²) in [7, 11) is -4.01. The number of aromatic amines is 1. The van der Waals surface area contributed by atoms with Gasteiger partial charge in [0, 0.05) is 6.20 Å². The number of hydrogen-bond donors (Lipinski definition) is 4. The van der Waals surface area contributed by atoms with E-state index >= 15 is 0 Å². The van der Waals surface area contributed by atoms with Crippen molar-refractivity contribution in [1.82, 2.24) is 15.7 Å². The molecule has 0 unspecified atom stereocenters. The first kappa shape index (κ1) is 9.64. The van der Waals surface area contributed by atoms with Crippen molar-refractivity contribution in [3.63, 3.8) is 0 Å². The van der Waals surface area contributed by atoms with Gasteiger partial charge in [-0.2, -0.15) is 5.10 Å². The molecule has 0 aromatic carbocycles. The molecule has 72 valence electrons. The molecule has 0 saturated carbocycles. The predicted molar refractivity (Wildman–Crippen MR) is 39.2 cm³/mol. The highest BCUT2D eigenvalue weighted by Crippen LogP contribution is 2.09. The number of nitrogens with two attached hydrogens (primary N) is 1. The van der Waals surface area contributed by atoms with Crippen LogP contribution in [0.5, 0.6) is 0 Å². The summed E-state index contributed by atoms with van der Waals surface area (Å²) in [6.45, 7) is 0. The average Bonchev–Trinajstić information content (AvgIpc) is 2.49. The van der Waals surface area contributed by atoms with Crippen molar-refractivity contribution < 1.29 is 18.4 Å². The van der Waals surface area contributed by atoms with Crippen LogP contribution in [0.2, 0.25) is 0 Å². The number of H-pyrrole nitrogens is 1. The van der Waals surface area contributed by atoms with Crippen molar-refractivity contribution in [2.24, 2.45) is 5.14 Å².